The number of nitrogens with zero attached hydrogens (tertiary/aromatic N) is 3. The molecule has 1 N–H and O–H groups in total. The molecule has 7 heteroatoms. The molecule has 2 heterocycles. The molecule has 0 atom stereocenters. The van der Waals surface area contributed by atoms with Gasteiger partial charge in [-0.2, -0.15) is 10.2 Å². The van der Waals surface area contributed by atoms with E-state index in [9.17, 15) is 0 Å². The van der Waals surface area contributed by atoms with Crippen LogP contribution >= 0.6 is 67.8 Å². The van der Waals surface area contributed by atoms with E-state index < -0.39 is 0 Å². The quantitative estimate of drug-likeness (QED) is 0.374. The first-order valence-corrected chi connectivity index (χ1v) is 9.21. The highest BCUT2D eigenvalue weighted by atomic mass is 127. The molecule has 0 aliphatic rings. The molecule has 19 heavy (non-hydrogen) atoms. The van der Waals surface area contributed by atoms with Gasteiger partial charge >= 0.3 is 0 Å². The van der Waals surface area contributed by atoms with Crippen LogP contribution in [-0.2, 0) is 0 Å². The highest BCUT2D eigenvalue weighted by molar-refractivity contribution is 14.1. The fourth-order valence-electron chi connectivity index (χ4n) is 0.832. The summed E-state index contributed by atoms with van der Waals surface area (Å²) in [6, 6.07) is 0.480. The summed E-state index contributed by atoms with van der Waals surface area (Å²) in [5.41, 5.74) is 0. The van der Waals surface area contributed by atoms with E-state index in [0.717, 1.165) is 7.49 Å². The number of H-pyrrole nitrogens is 1. The first kappa shape index (κ1) is 19.6. The van der Waals surface area contributed by atoms with Crippen molar-refractivity contribution in [2.75, 3.05) is 0 Å². The van der Waals surface area contributed by atoms with Crippen LogP contribution < -0.4 is 0 Å². The third kappa shape index (κ3) is 12.1. The summed E-state index contributed by atoms with van der Waals surface area (Å²) < 4.78 is 5.09. The third-order valence-electron chi connectivity index (χ3n) is 1.56. The van der Waals surface area contributed by atoms with Crippen molar-refractivity contribution in [3.63, 3.8) is 0 Å². The minimum absolute atomic E-state index is 0.480. The lowest BCUT2D eigenvalue weighted by atomic mass is 10.4. The van der Waals surface area contributed by atoms with Gasteiger partial charge in [0.1, 0.15) is 0 Å². The van der Waals surface area contributed by atoms with E-state index in [1.807, 2.05) is 23.3 Å². The standard InChI is InChI=1S/C6H9IN2.C3H3IN2.C3H7I/c1-5(2)9-4-6(7)3-8-9;4-3-1-5-6-2-3;1-3(2)4/h3-5H,1-2H3;1-2H,(H,5,6);3H,1-2H3. The molecule has 0 spiro atoms. The number of aromatic nitrogens is 4. The fourth-order valence-corrected chi connectivity index (χ4v) is 1.52. The maximum absolute atomic E-state index is 4.12. The van der Waals surface area contributed by atoms with Crippen molar-refractivity contribution in [1.82, 2.24) is 20.0 Å². The van der Waals surface area contributed by atoms with Crippen LogP contribution in [0.4, 0.5) is 0 Å². The van der Waals surface area contributed by atoms with E-state index >= 15 is 0 Å². The lowest BCUT2D eigenvalue weighted by molar-refractivity contribution is 0.532. The first-order chi connectivity index (χ1) is 8.82. The van der Waals surface area contributed by atoms with Crippen molar-refractivity contribution < 1.29 is 0 Å². The molecule has 0 aromatic carbocycles. The van der Waals surface area contributed by atoms with Gasteiger partial charge in [0.25, 0.3) is 0 Å². The SMILES string of the molecule is CC(C)I.CC(C)n1cc(I)cn1.Ic1cn[nH]c1. The summed E-state index contributed by atoms with van der Waals surface area (Å²) in [6.45, 7) is 8.54. The molecule has 2 rings (SSSR count). The molecule has 0 radical (unpaired) electrons. The van der Waals surface area contributed by atoms with Crippen LogP contribution in [0.2, 0.25) is 0 Å². The average Bonchev–Trinajstić information content (AvgIpc) is 2.89. The molecule has 0 aliphatic carbocycles. The van der Waals surface area contributed by atoms with Crippen LogP contribution in [-0.4, -0.2) is 23.9 Å². The Bertz CT molecular complexity index is 421. The minimum atomic E-state index is 0.480. The lowest BCUT2D eigenvalue weighted by Gasteiger charge is -2.01. The zero-order chi connectivity index (χ0) is 14.8. The molecule has 0 saturated heterocycles. The molecule has 108 valence electrons. The van der Waals surface area contributed by atoms with Gasteiger partial charge in [-0.25, -0.2) is 0 Å². The topological polar surface area (TPSA) is 46.5 Å². The Morgan fingerprint density at radius 2 is 1.68 bits per heavy atom. The molecule has 0 saturated carbocycles. The predicted octanol–water partition coefficient (Wildman–Crippen LogP) is 4.91. The van der Waals surface area contributed by atoms with Gasteiger partial charge in [-0.1, -0.05) is 36.4 Å². The average molecular weight is 600 g/mol. The maximum Gasteiger partial charge on any atom is 0.0623 e. The van der Waals surface area contributed by atoms with E-state index in [1.165, 1.54) is 3.57 Å². The van der Waals surface area contributed by atoms with Crippen molar-refractivity contribution in [3.8, 4) is 0 Å². The molecule has 0 unspecified atom stereocenters. The van der Waals surface area contributed by atoms with Gasteiger partial charge in [0.05, 0.1) is 19.5 Å². The van der Waals surface area contributed by atoms with Crippen LogP contribution in [0.5, 0.6) is 0 Å². The van der Waals surface area contributed by atoms with Gasteiger partial charge < -0.3 is 0 Å². The largest absolute Gasteiger partial charge is 0.285 e. The number of alkyl halides is 1. The summed E-state index contributed by atoms with van der Waals surface area (Å²) in [5, 5.41) is 10.5. The van der Waals surface area contributed by atoms with Crippen molar-refractivity contribution in [1.29, 1.82) is 0 Å². The molecule has 0 aliphatic heterocycles. The van der Waals surface area contributed by atoms with Gasteiger partial charge in [0.15, 0.2) is 0 Å². The maximum atomic E-state index is 4.12. The van der Waals surface area contributed by atoms with E-state index in [1.54, 1.807) is 6.20 Å². The lowest BCUT2D eigenvalue weighted by Crippen LogP contribution is -1.99. The number of hydrogen-bond acceptors (Lipinski definition) is 2. The van der Waals surface area contributed by atoms with E-state index in [-0.39, 0.29) is 0 Å². The van der Waals surface area contributed by atoms with Gasteiger partial charge in [-0.15, -0.1) is 0 Å². The Morgan fingerprint density at radius 1 is 1.11 bits per heavy atom. The summed E-state index contributed by atoms with van der Waals surface area (Å²) >= 11 is 6.78. The predicted molar refractivity (Wildman–Crippen MR) is 106 cm³/mol. The van der Waals surface area contributed by atoms with Gasteiger partial charge in [-0.05, 0) is 59.0 Å². The Morgan fingerprint density at radius 3 is 1.84 bits per heavy atom. The summed E-state index contributed by atoms with van der Waals surface area (Å²) in [7, 11) is 0. The number of hydrogen-bond donors (Lipinski definition) is 1. The summed E-state index contributed by atoms with van der Waals surface area (Å²) in [4.78, 5) is 0. The van der Waals surface area contributed by atoms with Crippen LogP contribution in [0.1, 0.15) is 33.7 Å². The van der Waals surface area contributed by atoms with E-state index in [0.29, 0.717) is 6.04 Å². The molecule has 2 aromatic rings. The third-order valence-corrected chi connectivity index (χ3v) is 2.71. The molecule has 0 fully saturated rings. The minimum Gasteiger partial charge on any atom is -0.285 e. The number of nitrogens with one attached hydrogen (secondary N) is 1. The number of halogens is 3. The van der Waals surface area contributed by atoms with Crippen LogP contribution in [0, 0.1) is 7.14 Å². The second-order valence-electron chi connectivity index (χ2n) is 4.16. The van der Waals surface area contributed by atoms with Crippen molar-refractivity contribution in [2.24, 2.45) is 0 Å². The fraction of sp³-hybridized carbons (Fsp3) is 0.500. The Balaban J connectivity index is 0.000000281. The molecular formula is C12H19I3N4. The monoisotopic (exact) mass is 600 g/mol. The van der Waals surface area contributed by atoms with E-state index in [4.69, 9.17) is 0 Å². The normalized spacial score (nSPS) is 9.74. The van der Waals surface area contributed by atoms with Crippen molar-refractivity contribution in [2.45, 2.75) is 37.7 Å². The number of rotatable bonds is 1. The van der Waals surface area contributed by atoms with Crippen LogP contribution in [0.15, 0.2) is 24.8 Å². The zero-order valence-electron chi connectivity index (χ0n) is 11.4. The second kappa shape index (κ2) is 11.3. The second-order valence-corrected chi connectivity index (χ2v) is 9.15. The molecule has 4 nitrogen and oxygen atoms in total. The summed E-state index contributed by atoms with van der Waals surface area (Å²) in [6.07, 6.45) is 7.49. The highest BCUT2D eigenvalue weighted by Gasteiger charge is 1.96. The Labute approximate surface area is 155 Å². The number of aromatic amines is 1. The molecule has 2 aromatic heterocycles. The van der Waals surface area contributed by atoms with Crippen molar-refractivity contribution in [3.05, 3.63) is 31.9 Å². The smallest absolute Gasteiger partial charge is 0.0623 e. The first-order valence-electron chi connectivity index (χ1n) is 5.81. The highest BCUT2D eigenvalue weighted by Crippen LogP contribution is 2.06. The van der Waals surface area contributed by atoms with Crippen LogP contribution in [0.3, 0.4) is 0 Å². The van der Waals surface area contributed by atoms with Gasteiger partial charge in [-0.3, -0.25) is 9.78 Å². The molecule has 0 bridgehead atoms. The van der Waals surface area contributed by atoms with Crippen molar-refractivity contribution >= 4 is 67.8 Å². The van der Waals surface area contributed by atoms with Gasteiger partial charge in [0, 0.05) is 22.4 Å². The zero-order valence-corrected chi connectivity index (χ0v) is 17.9. The Hall–Kier alpha value is 0.610. The molecule has 0 amide bonds. The van der Waals surface area contributed by atoms with Gasteiger partial charge in [0.2, 0.25) is 0 Å². The summed E-state index contributed by atoms with van der Waals surface area (Å²) in [5.74, 6) is 0. The van der Waals surface area contributed by atoms with Crippen LogP contribution in [0.25, 0.3) is 0 Å². The van der Waals surface area contributed by atoms with E-state index in [2.05, 4.69) is 111 Å². The molecular weight excluding hydrogens is 581 g/mol. The Kier molecular flexibility index (Phi) is 11.7.